The minimum absolute atomic E-state index is 0.0436. The van der Waals surface area contributed by atoms with Crippen molar-refractivity contribution in [3.05, 3.63) is 41.4 Å². The Hall–Kier alpha value is -2.49. The van der Waals surface area contributed by atoms with Gasteiger partial charge in [-0.1, -0.05) is 11.6 Å². The first-order chi connectivity index (χ1) is 15.5. The smallest absolute Gasteiger partial charge is 0.164 e. The molecule has 7 nitrogen and oxygen atoms in total. The van der Waals surface area contributed by atoms with Gasteiger partial charge in [0.2, 0.25) is 0 Å². The maximum absolute atomic E-state index is 14.0. The topological polar surface area (TPSA) is 77.9 Å². The van der Waals surface area contributed by atoms with Crippen LogP contribution in [0.25, 0.3) is 10.9 Å². The summed E-state index contributed by atoms with van der Waals surface area (Å²) < 4.78 is 35.6. The Morgan fingerprint density at radius 2 is 2.00 bits per heavy atom. The molecule has 0 amide bonds. The van der Waals surface area contributed by atoms with Crippen molar-refractivity contribution in [3.63, 3.8) is 0 Å². The number of aromatic nitrogens is 2. The van der Waals surface area contributed by atoms with Gasteiger partial charge in [-0.05, 0) is 30.7 Å². The third-order valence-corrected chi connectivity index (χ3v) is 5.87. The molecule has 0 aliphatic carbocycles. The second-order valence-corrected chi connectivity index (χ2v) is 9.53. The number of rotatable bonds is 6. The van der Waals surface area contributed by atoms with E-state index in [4.69, 9.17) is 25.8 Å². The molecule has 32 heavy (non-hydrogen) atoms. The zero-order chi connectivity index (χ0) is 22.7. The summed E-state index contributed by atoms with van der Waals surface area (Å²) in [5.41, 5.74) is 1.82. The molecular weight excluding hydrogens is 455 g/mol. The van der Waals surface area contributed by atoms with Gasteiger partial charge < -0.3 is 19.5 Å². The number of hydrogen-bond acceptors (Lipinski definition) is 7. The van der Waals surface area contributed by atoms with Gasteiger partial charge >= 0.3 is 0 Å². The van der Waals surface area contributed by atoms with E-state index in [9.17, 15) is 4.39 Å². The van der Waals surface area contributed by atoms with Crippen LogP contribution in [-0.4, -0.2) is 48.9 Å². The van der Waals surface area contributed by atoms with Crippen LogP contribution in [-0.2, 0) is 15.4 Å². The lowest BCUT2D eigenvalue weighted by Gasteiger charge is -2.25. The summed E-state index contributed by atoms with van der Waals surface area (Å²) in [6.07, 6.45) is 6.89. The molecule has 1 fully saturated rings. The van der Waals surface area contributed by atoms with Crippen molar-refractivity contribution in [3.8, 4) is 11.5 Å². The van der Waals surface area contributed by atoms with E-state index in [0.29, 0.717) is 57.8 Å². The lowest BCUT2D eigenvalue weighted by molar-refractivity contribution is 0.0257. The van der Waals surface area contributed by atoms with Crippen molar-refractivity contribution >= 4 is 50.4 Å². The monoisotopic (exact) mass is 478 g/mol. The number of benzene rings is 2. The lowest BCUT2D eigenvalue weighted by Crippen LogP contribution is -2.26. The van der Waals surface area contributed by atoms with Gasteiger partial charge in [0.1, 0.15) is 35.5 Å². The van der Waals surface area contributed by atoms with Gasteiger partial charge in [0.05, 0.1) is 41.9 Å². The summed E-state index contributed by atoms with van der Waals surface area (Å²) in [6.45, 7) is 1.25. The van der Waals surface area contributed by atoms with E-state index in [2.05, 4.69) is 19.6 Å². The Morgan fingerprint density at radius 1 is 1.22 bits per heavy atom. The van der Waals surface area contributed by atoms with Gasteiger partial charge in [0, 0.05) is 18.9 Å². The maximum atomic E-state index is 14.0. The van der Waals surface area contributed by atoms with Crippen LogP contribution in [0.15, 0.2) is 35.0 Å². The molecule has 0 bridgehead atoms. The maximum Gasteiger partial charge on any atom is 0.164 e. The van der Waals surface area contributed by atoms with Gasteiger partial charge in [0.15, 0.2) is 5.75 Å². The fourth-order valence-corrected chi connectivity index (χ4v) is 4.39. The van der Waals surface area contributed by atoms with Gasteiger partial charge in [-0.15, -0.1) is 10.7 Å². The third kappa shape index (κ3) is 4.95. The van der Waals surface area contributed by atoms with Crippen molar-refractivity contribution in [2.45, 2.75) is 18.9 Å². The van der Waals surface area contributed by atoms with Crippen LogP contribution in [0.2, 0.25) is 5.02 Å². The molecule has 1 aliphatic rings. The first-order valence-corrected chi connectivity index (χ1v) is 12.5. The largest absolute Gasteiger partial charge is 0.493 e. The highest BCUT2D eigenvalue weighted by atomic mass is 35.5. The predicted molar refractivity (Wildman–Crippen MR) is 127 cm³/mol. The van der Waals surface area contributed by atoms with Crippen LogP contribution in [0.5, 0.6) is 11.5 Å². The van der Waals surface area contributed by atoms with Crippen LogP contribution in [0.3, 0.4) is 0 Å². The number of nitrogens with zero attached hydrogens (tertiary/aromatic N) is 3. The fourth-order valence-electron chi connectivity index (χ4n) is 3.50. The summed E-state index contributed by atoms with van der Waals surface area (Å²) in [5.74, 6) is 0.932. The zero-order valence-electron chi connectivity index (χ0n) is 18.0. The number of anilines is 2. The molecule has 2 heterocycles. The van der Waals surface area contributed by atoms with Crippen LogP contribution in [0.1, 0.15) is 12.8 Å². The van der Waals surface area contributed by atoms with Crippen molar-refractivity contribution in [1.29, 1.82) is 0 Å². The molecule has 0 unspecified atom stereocenters. The highest BCUT2D eigenvalue weighted by molar-refractivity contribution is 7.85. The molecular formula is C22H24ClFN4O3S. The van der Waals surface area contributed by atoms with E-state index in [1.807, 2.05) is 18.6 Å². The second-order valence-electron chi connectivity index (χ2n) is 7.42. The summed E-state index contributed by atoms with van der Waals surface area (Å²) >= 11 is 6.72. The van der Waals surface area contributed by atoms with Gasteiger partial charge in [0.25, 0.3) is 0 Å². The zero-order valence-corrected chi connectivity index (χ0v) is 19.6. The first kappa shape index (κ1) is 22.7. The van der Waals surface area contributed by atoms with Crippen LogP contribution in [0, 0.1) is 5.82 Å². The molecule has 4 rings (SSSR count). The number of ether oxygens (including phenoxy) is 3. The molecule has 10 heteroatoms. The molecule has 0 spiro atoms. The second kappa shape index (κ2) is 9.97. The molecule has 3 aromatic rings. The van der Waals surface area contributed by atoms with Gasteiger partial charge in [-0.2, -0.15) is 0 Å². The van der Waals surface area contributed by atoms with Crippen molar-refractivity contribution < 1.29 is 18.6 Å². The van der Waals surface area contributed by atoms with Gasteiger partial charge in [-0.25, -0.2) is 18.7 Å². The summed E-state index contributed by atoms with van der Waals surface area (Å²) in [6, 6.07) is 6.17. The number of halogens is 2. The number of fused-ring (bicyclic) bond motifs is 1. The molecule has 1 N–H and O–H groups in total. The summed E-state index contributed by atoms with van der Waals surface area (Å²) in [7, 11) is 1.34. The SMILES string of the molecule is COc1c(N=S(C)C)cc2ncnc(Nc3ccc(F)cc3OC3CCOCC3)c2c1Cl. The Bertz CT molecular complexity index is 1170. The molecule has 0 saturated carbocycles. The van der Waals surface area contributed by atoms with E-state index < -0.39 is 0 Å². The van der Waals surface area contributed by atoms with E-state index in [0.717, 1.165) is 12.8 Å². The average Bonchev–Trinajstić information content (AvgIpc) is 2.76. The van der Waals surface area contributed by atoms with Crippen LogP contribution >= 0.6 is 11.6 Å². The highest BCUT2D eigenvalue weighted by Gasteiger charge is 2.20. The Balaban J connectivity index is 1.76. The third-order valence-electron chi connectivity index (χ3n) is 4.95. The standard InChI is InChI=1S/C22H24ClFN4O3S/c1-29-21-17(28-32(2)3)11-16-19(20(21)23)22(26-12-25-16)27-15-5-4-13(24)10-18(15)31-14-6-8-30-9-7-14/h4-5,10-12,14H,6-9H2,1-3H3,(H,25,26,27). The molecule has 2 aromatic carbocycles. The number of hydrogen-bond donors (Lipinski definition) is 1. The molecule has 1 aliphatic heterocycles. The van der Waals surface area contributed by atoms with E-state index in [-0.39, 0.29) is 22.6 Å². The Labute approximate surface area is 193 Å². The van der Waals surface area contributed by atoms with Gasteiger partial charge in [-0.3, -0.25) is 0 Å². The quantitative estimate of drug-likeness (QED) is 0.509. The Morgan fingerprint density at radius 3 is 2.72 bits per heavy atom. The van der Waals surface area contributed by atoms with E-state index in [1.165, 1.54) is 18.5 Å². The minimum atomic E-state index is -0.384. The molecule has 0 atom stereocenters. The first-order valence-electron chi connectivity index (χ1n) is 10.1. The average molecular weight is 479 g/mol. The molecule has 0 radical (unpaired) electrons. The summed E-state index contributed by atoms with van der Waals surface area (Å²) in [5, 5.41) is 4.18. The lowest BCUT2D eigenvalue weighted by atomic mass is 10.1. The molecule has 1 aromatic heterocycles. The molecule has 170 valence electrons. The normalized spacial score (nSPS) is 14.6. The number of methoxy groups -OCH3 is 1. The predicted octanol–water partition coefficient (Wildman–Crippen LogP) is 5.43. The molecule has 1 saturated heterocycles. The van der Waals surface area contributed by atoms with E-state index in [1.54, 1.807) is 13.2 Å². The fraction of sp³-hybridized carbons (Fsp3) is 0.364. The van der Waals surface area contributed by atoms with Crippen molar-refractivity contribution in [2.75, 3.05) is 38.2 Å². The van der Waals surface area contributed by atoms with E-state index >= 15 is 0 Å². The minimum Gasteiger partial charge on any atom is -0.493 e. The Kier molecular flexibility index (Phi) is 7.07. The van der Waals surface area contributed by atoms with Crippen LogP contribution < -0.4 is 14.8 Å². The van der Waals surface area contributed by atoms with Crippen LogP contribution in [0.4, 0.5) is 21.6 Å². The van der Waals surface area contributed by atoms with Crippen molar-refractivity contribution in [1.82, 2.24) is 9.97 Å². The highest BCUT2D eigenvalue weighted by Crippen LogP contribution is 2.44. The number of nitrogens with one attached hydrogen (secondary N) is 1. The summed E-state index contributed by atoms with van der Waals surface area (Å²) in [4.78, 5) is 8.74. The van der Waals surface area contributed by atoms with Crippen molar-refractivity contribution in [2.24, 2.45) is 4.36 Å².